The van der Waals surface area contributed by atoms with Crippen molar-refractivity contribution in [3.05, 3.63) is 132 Å². The van der Waals surface area contributed by atoms with Crippen molar-refractivity contribution in [1.29, 1.82) is 0 Å². The van der Waals surface area contributed by atoms with E-state index in [1.165, 1.54) is 0 Å². The molecule has 4 nitrogen and oxygen atoms in total. The van der Waals surface area contributed by atoms with E-state index in [9.17, 15) is 4.79 Å². The molecule has 156 valence electrons. The lowest BCUT2D eigenvalue weighted by molar-refractivity contribution is -0.131. The quantitative estimate of drug-likeness (QED) is 0.413. The highest BCUT2D eigenvalue weighted by molar-refractivity contribution is 5.78. The van der Waals surface area contributed by atoms with E-state index in [0.717, 1.165) is 22.5 Å². The lowest BCUT2D eigenvalue weighted by Crippen LogP contribution is -2.38. The molecule has 0 aliphatic rings. The number of furan rings is 1. The molecule has 0 saturated heterocycles. The second-order valence-corrected chi connectivity index (χ2v) is 7.46. The third-order valence-electron chi connectivity index (χ3n) is 5.20. The summed E-state index contributed by atoms with van der Waals surface area (Å²) in [6, 6.07) is 33.8. The van der Waals surface area contributed by atoms with Gasteiger partial charge in [-0.15, -0.1) is 0 Å². The number of hydrogen-bond acceptors (Lipinski definition) is 3. The Balaban J connectivity index is 1.50. The molecule has 4 heteroatoms. The first-order valence-corrected chi connectivity index (χ1v) is 10.5. The van der Waals surface area contributed by atoms with Crippen molar-refractivity contribution in [3.63, 3.8) is 0 Å². The van der Waals surface area contributed by atoms with Crippen molar-refractivity contribution in [2.75, 3.05) is 6.54 Å². The van der Waals surface area contributed by atoms with Gasteiger partial charge in [-0.05, 0) is 28.8 Å². The number of carbonyl (C=O) groups excluding carboxylic acids is 1. The van der Waals surface area contributed by atoms with Crippen LogP contribution in [-0.2, 0) is 17.9 Å². The lowest BCUT2D eigenvalue weighted by Gasteiger charge is -2.25. The smallest absolute Gasteiger partial charge is 0.237 e. The maximum absolute atomic E-state index is 13.3. The molecule has 1 heterocycles. The van der Waals surface area contributed by atoms with Crippen LogP contribution in [0.5, 0.6) is 0 Å². The monoisotopic (exact) mass is 410 g/mol. The van der Waals surface area contributed by atoms with Crippen LogP contribution >= 0.6 is 0 Å². The standard InChI is InChI=1S/C27H26N2O2/c30-26(19-28-27(25-17-10-18-31-25)24-15-8-3-9-16-24)29(20-22-11-4-1-5-12-22)21-23-13-6-2-7-14-23/h1-18,27-28H,19-21H2/t27-/m1/s1. The fourth-order valence-electron chi connectivity index (χ4n) is 3.62. The van der Waals surface area contributed by atoms with E-state index in [4.69, 9.17) is 4.42 Å². The number of hydrogen-bond donors (Lipinski definition) is 1. The second-order valence-electron chi connectivity index (χ2n) is 7.46. The fourth-order valence-corrected chi connectivity index (χ4v) is 3.62. The molecular weight excluding hydrogens is 384 g/mol. The molecule has 3 aromatic carbocycles. The summed E-state index contributed by atoms with van der Waals surface area (Å²) >= 11 is 0. The largest absolute Gasteiger partial charge is 0.467 e. The third kappa shape index (κ3) is 5.71. The summed E-state index contributed by atoms with van der Waals surface area (Å²) in [4.78, 5) is 15.2. The first-order valence-electron chi connectivity index (χ1n) is 10.5. The van der Waals surface area contributed by atoms with Gasteiger partial charge in [0.15, 0.2) is 0 Å². The molecule has 0 radical (unpaired) electrons. The highest BCUT2D eigenvalue weighted by atomic mass is 16.3. The SMILES string of the molecule is O=C(CN[C@H](c1ccccc1)c1ccco1)N(Cc1ccccc1)Cc1ccccc1. The summed E-state index contributed by atoms with van der Waals surface area (Å²) in [5.74, 6) is 0.830. The predicted octanol–water partition coefficient (Wildman–Crippen LogP) is 5.19. The minimum atomic E-state index is -0.185. The molecule has 4 rings (SSSR count). The minimum Gasteiger partial charge on any atom is -0.467 e. The molecule has 1 amide bonds. The second kappa shape index (κ2) is 10.4. The zero-order valence-corrected chi connectivity index (χ0v) is 17.4. The summed E-state index contributed by atoms with van der Waals surface area (Å²) in [5, 5.41) is 3.41. The fraction of sp³-hybridized carbons (Fsp3) is 0.148. The summed E-state index contributed by atoms with van der Waals surface area (Å²) in [6.07, 6.45) is 1.66. The van der Waals surface area contributed by atoms with Crippen LogP contribution in [0.15, 0.2) is 114 Å². The molecule has 0 bridgehead atoms. The Morgan fingerprint density at radius 2 is 1.29 bits per heavy atom. The number of amides is 1. The molecule has 1 N–H and O–H groups in total. The van der Waals surface area contributed by atoms with Gasteiger partial charge < -0.3 is 9.32 Å². The highest BCUT2D eigenvalue weighted by Crippen LogP contribution is 2.22. The number of nitrogens with one attached hydrogen (secondary N) is 1. The molecule has 0 aliphatic heterocycles. The van der Waals surface area contributed by atoms with Crippen LogP contribution in [0.25, 0.3) is 0 Å². The molecule has 0 saturated carbocycles. The van der Waals surface area contributed by atoms with Gasteiger partial charge in [0.05, 0.1) is 18.8 Å². The van der Waals surface area contributed by atoms with Gasteiger partial charge in [0, 0.05) is 13.1 Å². The van der Waals surface area contributed by atoms with Crippen LogP contribution in [0, 0.1) is 0 Å². The van der Waals surface area contributed by atoms with Crippen LogP contribution in [0.2, 0.25) is 0 Å². The molecule has 1 aromatic heterocycles. The first-order chi connectivity index (χ1) is 15.3. The summed E-state index contributed by atoms with van der Waals surface area (Å²) in [6.45, 7) is 1.33. The Morgan fingerprint density at radius 1 is 0.742 bits per heavy atom. The lowest BCUT2D eigenvalue weighted by atomic mass is 10.0. The number of nitrogens with zero attached hydrogens (tertiary/aromatic N) is 1. The van der Waals surface area contributed by atoms with Crippen LogP contribution in [-0.4, -0.2) is 17.4 Å². The van der Waals surface area contributed by atoms with Crippen LogP contribution in [0.3, 0.4) is 0 Å². The van der Waals surface area contributed by atoms with Crippen LogP contribution in [0.1, 0.15) is 28.5 Å². The Bertz CT molecular complexity index is 1010. The van der Waals surface area contributed by atoms with Crippen LogP contribution < -0.4 is 5.32 Å². The molecule has 0 aliphatic carbocycles. The Kier molecular flexibility index (Phi) is 6.93. The molecule has 1 atom stereocenters. The molecule has 31 heavy (non-hydrogen) atoms. The van der Waals surface area contributed by atoms with Crippen molar-refractivity contribution >= 4 is 5.91 Å². The van der Waals surface area contributed by atoms with Gasteiger partial charge in [-0.25, -0.2) is 0 Å². The topological polar surface area (TPSA) is 45.5 Å². The number of benzene rings is 3. The van der Waals surface area contributed by atoms with E-state index >= 15 is 0 Å². The first kappa shape index (κ1) is 20.6. The van der Waals surface area contributed by atoms with Crippen molar-refractivity contribution < 1.29 is 9.21 Å². The van der Waals surface area contributed by atoms with Crippen molar-refractivity contribution in [2.24, 2.45) is 0 Å². The molecule has 0 fully saturated rings. The summed E-state index contributed by atoms with van der Waals surface area (Å²) in [5.41, 5.74) is 3.28. The van der Waals surface area contributed by atoms with Crippen LogP contribution in [0.4, 0.5) is 0 Å². The number of carbonyl (C=O) groups is 1. The van der Waals surface area contributed by atoms with Gasteiger partial charge in [-0.3, -0.25) is 10.1 Å². The van der Waals surface area contributed by atoms with E-state index < -0.39 is 0 Å². The normalized spacial score (nSPS) is 11.7. The maximum Gasteiger partial charge on any atom is 0.237 e. The van der Waals surface area contributed by atoms with Crippen molar-refractivity contribution in [2.45, 2.75) is 19.1 Å². The van der Waals surface area contributed by atoms with Gasteiger partial charge in [0.25, 0.3) is 0 Å². The molecule has 0 unspecified atom stereocenters. The average Bonchev–Trinajstić information content (AvgIpc) is 3.35. The van der Waals surface area contributed by atoms with E-state index in [2.05, 4.69) is 5.32 Å². The van der Waals surface area contributed by atoms with E-state index in [-0.39, 0.29) is 18.5 Å². The van der Waals surface area contributed by atoms with Gasteiger partial charge in [0.1, 0.15) is 5.76 Å². The third-order valence-corrected chi connectivity index (χ3v) is 5.20. The minimum absolute atomic E-state index is 0.0418. The Hall–Kier alpha value is -3.63. The average molecular weight is 411 g/mol. The van der Waals surface area contributed by atoms with Gasteiger partial charge >= 0.3 is 0 Å². The van der Waals surface area contributed by atoms with E-state index in [1.807, 2.05) is 108 Å². The molecular formula is C27H26N2O2. The zero-order valence-electron chi connectivity index (χ0n) is 17.4. The maximum atomic E-state index is 13.3. The molecule has 4 aromatic rings. The number of rotatable bonds is 9. The summed E-state index contributed by atoms with van der Waals surface area (Å²) < 4.78 is 5.65. The Labute approximate surface area is 183 Å². The summed E-state index contributed by atoms with van der Waals surface area (Å²) in [7, 11) is 0. The van der Waals surface area contributed by atoms with Gasteiger partial charge in [0.2, 0.25) is 5.91 Å². The zero-order chi connectivity index (χ0) is 21.3. The Morgan fingerprint density at radius 3 is 1.81 bits per heavy atom. The van der Waals surface area contributed by atoms with Gasteiger partial charge in [-0.1, -0.05) is 91.0 Å². The van der Waals surface area contributed by atoms with E-state index in [0.29, 0.717) is 13.1 Å². The van der Waals surface area contributed by atoms with Crippen molar-refractivity contribution in [1.82, 2.24) is 10.2 Å². The highest BCUT2D eigenvalue weighted by Gasteiger charge is 2.20. The predicted molar refractivity (Wildman–Crippen MR) is 122 cm³/mol. The van der Waals surface area contributed by atoms with Gasteiger partial charge in [-0.2, -0.15) is 0 Å². The van der Waals surface area contributed by atoms with Crippen molar-refractivity contribution in [3.8, 4) is 0 Å². The van der Waals surface area contributed by atoms with E-state index in [1.54, 1.807) is 6.26 Å². The molecule has 0 spiro atoms.